The van der Waals surface area contributed by atoms with E-state index in [1.54, 1.807) is 0 Å². The third kappa shape index (κ3) is 3.44. The Kier molecular flexibility index (Phi) is 4.00. The van der Waals surface area contributed by atoms with Gasteiger partial charge in [-0.1, -0.05) is 12.8 Å². The molecule has 2 N–H and O–H groups in total. The lowest BCUT2D eigenvalue weighted by Crippen LogP contribution is -2.41. The van der Waals surface area contributed by atoms with Crippen molar-refractivity contribution in [1.29, 1.82) is 0 Å². The maximum atomic E-state index is 6.36. The normalized spacial score (nSPS) is 27.8. The van der Waals surface area contributed by atoms with Gasteiger partial charge >= 0.3 is 0 Å². The van der Waals surface area contributed by atoms with Crippen LogP contribution in [0.15, 0.2) is 0 Å². The minimum absolute atomic E-state index is 0.160. The molecule has 0 aromatic rings. The average Bonchev–Trinajstić information content (AvgIpc) is 2.53. The molecule has 0 atom stereocenters. The smallest absolute Gasteiger partial charge is 0.0593 e. The van der Waals surface area contributed by atoms with Crippen molar-refractivity contribution < 1.29 is 4.74 Å². The lowest BCUT2D eigenvalue weighted by atomic mass is 9.94. The number of nitrogens with zero attached hydrogens (tertiary/aromatic N) is 1. The van der Waals surface area contributed by atoms with E-state index in [2.05, 4.69) is 4.90 Å². The fraction of sp³-hybridized carbons (Fsp3) is 1.00. The van der Waals surface area contributed by atoms with Crippen molar-refractivity contribution >= 4 is 0 Å². The second kappa shape index (κ2) is 5.28. The molecule has 1 aliphatic heterocycles. The Morgan fingerprint density at radius 1 is 1.07 bits per heavy atom. The van der Waals surface area contributed by atoms with Crippen LogP contribution in [0.4, 0.5) is 0 Å². The summed E-state index contributed by atoms with van der Waals surface area (Å²) in [6.45, 7) is 5.29. The van der Waals surface area contributed by atoms with Gasteiger partial charge in [0.1, 0.15) is 0 Å². The second-order valence-corrected chi connectivity index (χ2v) is 5.13. The third-order valence-corrected chi connectivity index (χ3v) is 3.84. The van der Waals surface area contributed by atoms with Crippen LogP contribution in [0.1, 0.15) is 38.5 Å². The largest absolute Gasteiger partial charge is 0.380 e. The third-order valence-electron chi connectivity index (χ3n) is 3.84. The highest BCUT2D eigenvalue weighted by atomic mass is 16.5. The van der Waals surface area contributed by atoms with Crippen molar-refractivity contribution in [1.82, 2.24) is 4.90 Å². The summed E-state index contributed by atoms with van der Waals surface area (Å²) in [6, 6.07) is 0. The first-order valence-corrected chi connectivity index (χ1v) is 6.38. The van der Waals surface area contributed by atoms with Crippen LogP contribution >= 0.6 is 0 Å². The van der Waals surface area contributed by atoms with Crippen LogP contribution in [0.3, 0.4) is 0 Å². The van der Waals surface area contributed by atoms with Crippen LogP contribution in [0.2, 0.25) is 0 Å². The van der Waals surface area contributed by atoms with Gasteiger partial charge in [0.05, 0.1) is 6.61 Å². The van der Waals surface area contributed by atoms with Gasteiger partial charge < -0.3 is 15.4 Å². The lowest BCUT2D eigenvalue weighted by Gasteiger charge is -2.27. The van der Waals surface area contributed by atoms with E-state index in [1.165, 1.54) is 51.6 Å². The van der Waals surface area contributed by atoms with Gasteiger partial charge in [-0.3, -0.25) is 0 Å². The predicted octanol–water partition coefficient (Wildman–Crippen LogP) is 1.37. The minimum atomic E-state index is 0.160. The Morgan fingerprint density at radius 3 is 2.67 bits per heavy atom. The van der Waals surface area contributed by atoms with Gasteiger partial charge in [-0.25, -0.2) is 0 Å². The number of nitrogens with two attached hydrogens (primary N) is 1. The molecule has 3 heteroatoms. The Labute approximate surface area is 93.0 Å². The molecule has 1 aliphatic carbocycles. The Morgan fingerprint density at radius 2 is 1.87 bits per heavy atom. The van der Waals surface area contributed by atoms with E-state index in [-0.39, 0.29) is 5.54 Å². The van der Waals surface area contributed by atoms with Crippen molar-refractivity contribution in [2.45, 2.75) is 44.1 Å². The molecule has 1 saturated carbocycles. The molecule has 0 amide bonds. The average molecular weight is 212 g/mol. The first-order valence-electron chi connectivity index (χ1n) is 6.38. The van der Waals surface area contributed by atoms with Gasteiger partial charge in [-0.15, -0.1) is 0 Å². The van der Waals surface area contributed by atoms with E-state index in [9.17, 15) is 0 Å². The molecule has 88 valence electrons. The molecule has 0 aromatic carbocycles. The molecule has 2 rings (SSSR count). The van der Waals surface area contributed by atoms with Crippen molar-refractivity contribution in [2.24, 2.45) is 5.73 Å². The van der Waals surface area contributed by atoms with Crippen molar-refractivity contribution in [2.75, 3.05) is 32.8 Å². The number of rotatable bonds is 3. The topological polar surface area (TPSA) is 38.5 Å². The molecule has 0 bridgehead atoms. The van der Waals surface area contributed by atoms with Crippen LogP contribution in [0, 0.1) is 0 Å². The van der Waals surface area contributed by atoms with Crippen molar-refractivity contribution in [3.05, 3.63) is 0 Å². The predicted molar refractivity (Wildman–Crippen MR) is 61.9 cm³/mol. The van der Waals surface area contributed by atoms with Crippen LogP contribution in [0.25, 0.3) is 0 Å². The summed E-state index contributed by atoms with van der Waals surface area (Å²) in [7, 11) is 0. The fourth-order valence-corrected chi connectivity index (χ4v) is 2.73. The van der Waals surface area contributed by atoms with Gasteiger partial charge in [-0.2, -0.15) is 0 Å². The summed E-state index contributed by atoms with van der Waals surface area (Å²) in [5, 5.41) is 0. The van der Waals surface area contributed by atoms with E-state index in [0.29, 0.717) is 0 Å². The molecule has 2 aliphatic rings. The summed E-state index contributed by atoms with van der Waals surface area (Å²) in [4.78, 5) is 2.51. The van der Waals surface area contributed by atoms with Gasteiger partial charge in [0.15, 0.2) is 0 Å². The lowest BCUT2D eigenvalue weighted by molar-refractivity contribution is 0.139. The summed E-state index contributed by atoms with van der Waals surface area (Å²) >= 11 is 0. The maximum Gasteiger partial charge on any atom is 0.0593 e. The maximum absolute atomic E-state index is 6.36. The van der Waals surface area contributed by atoms with Crippen molar-refractivity contribution in [3.63, 3.8) is 0 Å². The summed E-state index contributed by atoms with van der Waals surface area (Å²) in [6.07, 6.45) is 7.48. The highest BCUT2D eigenvalue weighted by molar-refractivity contribution is 4.89. The van der Waals surface area contributed by atoms with Gasteiger partial charge in [0.2, 0.25) is 0 Å². The van der Waals surface area contributed by atoms with E-state index in [1.807, 2.05) is 0 Å². The Hall–Kier alpha value is -0.120. The summed E-state index contributed by atoms with van der Waals surface area (Å²) < 4.78 is 5.45. The number of ether oxygens (including phenoxy) is 1. The Bertz CT molecular complexity index is 182. The SMILES string of the molecule is NC1(CCN2CCCOCC2)CCCC1. The number of hydrogen-bond acceptors (Lipinski definition) is 3. The number of hydrogen-bond donors (Lipinski definition) is 1. The van der Waals surface area contributed by atoms with E-state index >= 15 is 0 Å². The molecule has 0 unspecified atom stereocenters. The molecular formula is C12H24N2O. The quantitative estimate of drug-likeness (QED) is 0.768. The second-order valence-electron chi connectivity index (χ2n) is 5.13. The van der Waals surface area contributed by atoms with Gasteiger partial charge in [0.25, 0.3) is 0 Å². The van der Waals surface area contributed by atoms with Crippen LogP contribution < -0.4 is 5.73 Å². The molecule has 0 aromatic heterocycles. The zero-order valence-corrected chi connectivity index (χ0v) is 9.71. The van der Waals surface area contributed by atoms with Gasteiger partial charge in [0, 0.05) is 25.2 Å². The van der Waals surface area contributed by atoms with Crippen molar-refractivity contribution in [3.8, 4) is 0 Å². The summed E-state index contributed by atoms with van der Waals surface area (Å²) in [5.74, 6) is 0. The van der Waals surface area contributed by atoms with Gasteiger partial charge in [-0.05, 0) is 32.2 Å². The van der Waals surface area contributed by atoms with Crippen LogP contribution in [-0.4, -0.2) is 43.3 Å². The highest BCUT2D eigenvalue weighted by Crippen LogP contribution is 2.30. The molecule has 0 radical (unpaired) electrons. The van der Waals surface area contributed by atoms with E-state index < -0.39 is 0 Å². The first-order chi connectivity index (χ1) is 7.29. The molecule has 15 heavy (non-hydrogen) atoms. The standard InChI is InChI=1S/C12H24N2O/c13-12(4-1-2-5-12)6-8-14-7-3-10-15-11-9-14/h1-11,13H2. The van der Waals surface area contributed by atoms with E-state index in [0.717, 1.165) is 19.8 Å². The summed E-state index contributed by atoms with van der Waals surface area (Å²) in [5.41, 5.74) is 6.52. The highest BCUT2D eigenvalue weighted by Gasteiger charge is 2.29. The molecule has 3 nitrogen and oxygen atoms in total. The first kappa shape index (κ1) is 11.4. The molecule has 0 spiro atoms. The van der Waals surface area contributed by atoms with Crippen LogP contribution in [-0.2, 0) is 4.74 Å². The minimum Gasteiger partial charge on any atom is -0.380 e. The Balaban J connectivity index is 1.71. The molecule has 2 fully saturated rings. The molecular weight excluding hydrogens is 188 g/mol. The molecule has 1 heterocycles. The zero-order valence-electron chi connectivity index (χ0n) is 9.71. The molecule has 1 saturated heterocycles. The monoisotopic (exact) mass is 212 g/mol. The van der Waals surface area contributed by atoms with Crippen LogP contribution in [0.5, 0.6) is 0 Å². The fourth-order valence-electron chi connectivity index (χ4n) is 2.73. The van der Waals surface area contributed by atoms with E-state index in [4.69, 9.17) is 10.5 Å². The zero-order chi connectivity index (χ0) is 10.6.